The van der Waals surface area contributed by atoms with Gasteiger partial charge in [-0.3, -0.25) is 4.79 Å². The second-order valence-electron chi connectivity index (χ2n) is 4.25. The zero-order valence-electron chi connectivity index (χ0n) is 10.7. The number of ether oxygens (including phenoxy) is 1. The maximum Gasteiger partial charge on any atom is 0.305 e. The van der Waals surface area contributed by atoms with Crippen molar-refractivity contribution < 1.29 is 19.7 Å². The molecule has 0 aromatic carbocycles. The van der Waals surface area contributed by atoms with Gasteiger partial charge in [0.05, 0.1) is 6.61 Å². The second-order valence-corrected chi connectivity index (χ2v) is 4.25. The minimum absolute atomic E-state index is 0.0446. The zero-order valence-corrected chi connectivity index (χ0v) is 10.7. The number of aliphatic hydroxyl groups is 2. The second kappa shape index (κ2) is 13.5. The summed E-state index contributed by atoms with van der Waals surface area (Å²) in [7, 11) is 0. The number of aliphatic hydroxyl groups excluding tert-OH is 2. The first-order valence-corrected chi connectivity index (χ1v) is 6.68. The fourth-order valence-electron chi connectivity index (χ4n) is 1.58. The molecule has 0 atom stereocenters. The van der Waals surface area contributed by atoms with Crippen molar-refractivity contribution in [1.29, 1.82) is 0 Å². The Morgan fingerprint density at radius 2 is 1.29 bits per heavy atom. The van der Waals surface area contributed by atoms with Gasteiger partial charge >= 0.3 is 5.97 Å². The van der Waals surface area contributed by atoms with E-state index in [4.69, 9.17) is 14.9 Å². The molecule has 0 amide bonds. The zero-order chi connectivity index (χ0) is 12.8. The first kappa shape index (κ1) is 16.4. The van der Waals surface area contributed by atoms with Gasteiger partial charge in [0.2, 0.25) is 0 Å². The first-order valence-electron chi connectivity index (χ1n) is 6.68. The molecule has 0 unspecified atom stereocenters. The molecule has 0 aliphatic heterocycles. The summed E-state index contributed by atoms with van der Waals surface area (Å²) >= 11 is 0. The third-order valence-corrected chi connectivity index (χ3v) is 2.60. The summed E-state index contributed by atoms with van der Waals surface area (Å²) in [5.74, 6) is -0.206. The number of carbonyl (C=O) groups excluding carboxylic acids is 1. The summed E-state index contributed by atoms with van der Waals surface area (Å²) in [5, 5.41) is 17.1. The van der Waals surface area contributed by atoms with Gasteiger partial charge in [-0.05, 0) is 19.3 Å². The highest BCUT2D eigenvalue weighted by molar-refractivity contribution is 5.69. The minimum atomic E-state index is -0.206. The number of hydrogen-bond acceptors (Lipinski definition) is 4. The Hall–Kier alpha value is -0.610. The lowest BCUT2D eigenvalue weighted by atomic mass is 10.1. The van der Waals surface area contributed by atoms with Crippen molar-refractivity contribution in [3.8, 4) is 0 Å². The van der Waals surface area contributed by atoms with Gasteiger partial charge < -0.3 is 14.9 Å². The van der Waals surface area contributed by atoms with Crippen molar-refractivity contribution in [2.24, 2.45) is 0 Å². The maximum atomic E-state index is 11.1. The molecule has 0 aromatic rings. The number of esters is 1. The third-order valence-electron chi connectivity index (χ3n) is 2.60. The average Bonchev–Trinajstić information content (AvgIpc) is 2.34. The van der Waals surface area contributed by atoms with Crippen molar-refractivity contribution in [1.82, 2.24) is 0 Å². The largest absolute Gasteiger partial charge is 0.466 e. The molecule has 0 fully saturated rings. The summed E-state index contributed by atoms with van der Waals surface area (Å²) in [6.45, 7) is 0.841. The van der Waals surface area contributed by atoms with E-state index in [1.807, 2.05) is 0 Å². The first-order chi connectivity index (χ1) is 8.31. The van der Waals surface area contributed by atoms with Gasteiger partial charge in [-0.1, -0.05) is 32.1 Å². The van der Waals surface area contributed by atoms with Crippen molar-refractivity contribution in [2.45, 2.75) is 57.8 Å². The lowest BCUT2D eigenvalue weighted by molar-refractivity contribution is -0.144. The molecule has 4 nitrogen and oxygen atoms in total. The van der Waals surface area contributed by atoms with Crippen LogP contribution in [0.2, 0.25) is 0 Å². The lowest BCUT2D eigenvalue weighted by Crippen LogP contribution is -2.06. The molecule has 0 saturated heterocycles. The van der Waals surface area contributed by atoms with E-state index in [1.165, 1.54) is 19.3 Å². The van der Waals surface area contributed by atoms with Crippen molar-refractivity contribution in [3.63, 3.8) is 0 Å². The SMILES string of the molecule is O=C(CCCO)OCCCCCCCCCO. The highest BCUT2D eigenvalue weighted by atomic mass is 16.5. The van der Waals surface area contributed by atoms with Crippen LogP contribution in [-0.2, 0) is 9.53 Å². The van der Waals surface area contributed by atoms with Gasteiger partial charge in [0.15, 0.2) is 0 Å². The Balaban J connectivity index is 3.05. The predicted octanol–water partition coefficient (Wildman–Crippen LogP) is 2.03. The predicted molar refractivity (Wildman–Crippen MR) is 66.7 cm³/mol. The van der Waals surface area contributed by atoms with Gasteiger partial charge in [-0.15, -0.1) is 0 Å². The van der Waals surface area contributed by atoms with E-state index in [0.29, 0.717) is 26.1 Å². The minimum Gasteiger partial charge on any atom is -0.466 e. The van der Waals surface area contributed by atoms with Crippen LogP contribution in [0.3, 0.4) is 0 Å². The van der Waals surface area contributed by atoms with Gasteiger partial charge in [0.25, 0.3) is 0 Å². The van der Waals surface area contributed by atoms with Crippen LogP contribution in [-0.4, -0.2) is 36.0 Å². The van der Waals surface area contributed by atoms with Crippen LogP contribution < -0.4 is 0 Å². The van der Waals surface area contributed by atoms with Gasteiger partial charge in [0, 0.05) is 19.6 Å². The average molecular weight is 246 g/mol. The van der Waals surface area contributed by atoms with E-state index in [9.17, 15) is 4.79 Å². The molecule has 0 aliphatic rings. The van der Waals surface area contributed by atoms with Crippen LogP contribution in [0.5, 0.6) is 0 Å². The maximum absolute atomic E-state index is 11.1. The summed E-state index contributed by atoms with van der Waals surface area (Å²) in [6, 6.07) is 0. The molecule has 0 aromatic heterocycles. The van der Waals surface area contributed by atoms with E-state index in [2.05, 4.69) is 0 Å². The Morgan fingerprint density at radius 3 is 1.88 bits per heavy atom. The van der Waals surface area contributed by atoms with Crippen molar-refractivity contribution in [2.75, 3.05) is 19.8 Å². The molecule has 0 bridgehead atoms. The van der Waals surface area contributed by atoms with Crippen LogP contribution in [0, 0.1) is 0 Å². The Labute approximate surface area is 104 Å². The molecule has 0 aliphatic carbocycles. The fourth-order valence-corrected chi connectivity index (χ4v) is 1.58. The molecule has 0 saturated carbocycles. The smallest absolute Gasteiger partial charge is 0.305 e. The number of unbranched alkanes of at least 4 members (excludes halogenated alkanes) is 6. The monoisotopic (exact) mass is 246 g/mol. The van der Waals surface area contributed by atoms with Crippen LogP contribution >= 0.6 is 0 Å². The highest BCUT2D eigenvalue weighted by Gasteiger charge is 2.01. The fraction of sp³-hybridized carbons (Fsp3) is 0.923. The normalized spacial score (nSPS) is 10.5. The van der Waals surface area contributed by atoms with E-state index < -0.39 is 0 Å². The van der Waals surface area contributed by atoms with Crippen LogP contribution in [0.4, 0.5) is 0 Å². The van der Waals surface area contributed by atoms with Gasteiger partial charge in [0.1, 0.15) is 0 Å². The molecular formula is C13H26O4. The molecule has 17 heavy (non-hydrogen) atoms. The Kier molecular flexibility index (Phi) is 13.0. The summed E-state index contributed by atoms with van der Waals surface area (Å²) in [4.78, 5) is 11.1. The standard InChI is InChI=1S/C13H26O4/c14-10-6-4-2-1-3-5-7-12-17-13(16)9-8-11-15/h14-15H,1-12H2. The summed E-state index contributed by atoms with van der Waals surface area (Å²) < 4.78 is 5.01. The lowest BCUT2D eigenvalue weighted by Gasteiger charge is -2.04. The van der Waals surface area contributed by atoms with Crippen LogP contribution in [0.15, 0.2) is 0 Å². The number of carbonyl (C=O) groups is 1. The Morgan fingerprint density at radius 1 is 0.765 bits per heavy atom. The van der Waals surface area contributed by atoms with Gasteiger partial charge in [-0.25, -0.2) is 0 Å². The van der Waals surface area contributed by atoms with E-state index in [-0.39, 0.29) is 12.6 Å². The quantitative estimate of drug-likeness (QED) is 0.408. The van der Waals surface area contributed by atoms with Crippen LogP contribution in [0.1, 0.15) is 57.8 Å². The topological polar surface area (TPSA) is 66.8 Å². The summed E-state index contributed by atoms with van der Waals surface area (Å²) in [5.41, 5.74) is 0. The molecule has 0 heterocycles. The molecular weight excluding hydrogens is 220 g/mol. The summed E-state index contributed by atoms with van der Waals surface area (Å²) in [6.07, 6.45) is 8.36. The van der Waals surface area contributed by atoms with Crippen molar-refractivity contribution in [3.05, 3.63) is 0 Å². The molecule has 4 heteroatoms. The number of hydrogen-bond donors (Lipinski definition) is 2. The van der Waals surface area contributed by atoms with E-state index >= 15 is 0 Å². The van der Waals surface area contributed by atoms with Crippen LogP contribution in [0.25, 0.3) is 0 Å². The molecule has 2 N–H and O–H groups in total. The number of rotatable bonds is 12. The van der Waals surface area contributed by atoms with Gasteiger partial charge in [-0.2, -0.15) is 0 Å². The molecule has 0 rings (SSSR count). The van der Waals surface area contributed by atoms with E-state index in [0.717, 1.165) is 25.7 Å². The molecule has 0 radical (unpaired) electrons. The third kappa shape index (κ3) is 13.3. The van der Waals surface area contributed by atoms with E-state index in [1.54, 1.807) is 0 Å². The molecule has 102 valence electrons. The molecule has 0 spiro atoms. The van der Waals surface area contributed by atoms with Crippen molar-refractivity contribution >= 4 is 5.97 Å². The Bertz CT molecular complexity index is 171. The highest BCUT2D eigenvalue weighted by Crippen LogP contribution is 2.07.